The number of ether oxygens (including phenoxy) is 1. The summed E-state index contributed by atoms with van der Waals surface area (Å²) in [7, 11) is 0. The highest BCUT2D eigenvalue weighted by atomic mass is 32.2. The van der Waals surface area contributed by atoms with Crippen molar-refractivity contribution in [3.8, 4) is 0 Å². The van der Waals surface area contributed by atoms with E-state index in [1.54, 1.807) is 18.0 Å². The minimum atomic E-state index is -0.0394. The second kappa shape index (κ2) is 6.72. The van der Waals surface area contributed by atoms with Gasteiger partial charge in [0.1, 0.15) is 5.82 Å². The van der Waals surface area contributed by atoms with Crippen molar-refractivity contribution in [1.82, 2.24) is 10.3 Å². The van der Waals surface area contributed by atoms with E-state index in [4.69, 9.17) is 4.74 Å². The number of nitrogens with zero attached hydrogens (tertiary/aromatic N) is 1. The van der Waals surface area contributed by atoms with Crippen molar-refractivity contribution in [3.05, 3.63) is 18.3 Å². The molecule has 0 aromatic carbocycles. The zero-order valence-electron chi connectivity index (χ0n) is 10.3. The molecule has 18 heavy (non-hydrogen) atoms. The fourth-order valence-electron chi connectivity index (χ4n) is 1.74. The zero-order chi connectivity index (χ0) is 12.8. The minimum absolute atomic E-state index is 0.0394. The molecule has 98 valence electrons. The normalized spacial score (nSPS) is 19.5. The van der Waals surface area contributed by atoms with Gasteiger partial charge in [-0.25, -0.2) is 4.98 Å². The lowest BCUT2D eigenvalue weighted by atomic mass is 10.2. The first-order valence-corrected chi connectivity index (χ1v) is 7.11. The number of amides is 1. The van der Waals surface area contributed by atoms with Crippen molar-refractivity contribution < 1.29 is 9.53 Å². The molecule has 0 spiro atoms. The van der Waals surface area contributed by atoms with Gasteiger partial charge in [0.15, 0.2) is 0 Å². The third-order valence-electron chi connectivity index (χ3n) is 2.67. The summed E-state index contributed by atoms with van der Waals surface area (Å²) in [6.07, 6.45) is 4.15. The van der Waals surface area contributed by atoms with E-state index in [1.165, 1.54) is 0 Å². The van der Waals surface area contributed by atoms with Crippen LogP contribution in [0.2, 0.25) is 0 Å². The van der Waals surface area contributed by atoms with Crippen LogP contribution in [0.25, 0.3) is 0 Å². The number of aromatic nitrogens is 1. The Bertz CT molecular complexity index is 391. The molecule has 0 bridgehead atoms. The standard InChI is InChI=1S/C12H17N3O2S/c1-18-10-2-3-11(14-7-10)15-12(16)6-9-8-17-5-4-13-9/h2-3,7,9,13H,4-6,8H2,1H3,(H,14,15,16). The van der Waals surface area contributed by atoms with Crippen LogP contribution in [-0.4, -0.2) is 42.9 Å². The molecule has 1 aliphatic rings. The van der Waals surface area contributed by atoms with E-state index in [-0.39, 0.29) is 11.9 Å². The lowest BCUT2D eigenvalue weighted by Gasteiger charge is -2.23. The van der Waals surface area contributed by atoms with Gasteiger partial charge in [0.25, 0.3) is 0 Å². The number of rotatable bonds is 4. The van der Waals surface area contributed by atoms with Gasteiger partial charge in [0.2, 0.25) is 5.91 Å². The van der Waals surface area contributed by atoms with Crippen LogP contribution >= 0.6 is 11.8 Å². The molecule has 2 N–H and O–H groups in total. The summed E-state index contributed by atoms with van der Waals surface area (Å²) >= 11 is 1.62. The van der Waals surface area contributed by atoms with Crippen molar-refractivity contribution in [3.63, 3.8) is 0 Å². The molecule has 2 rings (SSSR count). The molecule has 6 heteroatoms. The molecular formula is C12H17N3O2S. The summed E-state index contributed by atoms with van der Waals surface area (Å²) in [5.41, 5.74) is 0. The maximum atomic E-state index is 11.8. The Morgan fingerprint density at radius 1 is 1.67 bits per heavy atom. The third kappa shape index (κ3) is 3.97. The molecule has 1 aromatic rings. The smallest absolute Gasteiger partial charge is 0.227 e. The van der Waals surface area contributed by atoms with Gasteiger partial charge < -0.3 is 15.4 Å². The first-order valence-electron chi connectivity index (χ1n) is 5.89. The number of pyridine rings is 1. The van der Waals surface area contributed by atoms with Gasteiger partial charge in [-0.1, -0.05) is 0 Å². The molecule has 2 heterocycles. The van der Waals surface area contributed by atoms with Crippen LogP contribution in [-0.2, 0) is 9.53 Å². The van der Waals surface area contributed by atoms with E-state index in [1.807, 2.05) is 18.4 Å². The first kappa shape index (κ1) is 13.3. The summed E-state index contributed by atoms with van der Waals surface area (Å²) in [5, 5.41) is 6.03. The number of carbonyl (C=O) groups is 1. The molecule has 0 radical (unpaired) electrons. The van der Waals surface area contributed by atoms with Crippen molar-refractivity contribution in [2.24, 2.45) is 0 Å². The molecule has 1 saturated heterocycles. The highest BCUT2D eigenvalue weighted by Gasteiger charge is 2.16. The molecule has 1 aromatic heterocycles. The maximum absolute atomic E-state index is 11.8. The number of carbonyl (C=O) groups excluding carboxylic acids is 1. The van der Waals surface area contributed by atoms with Gasteiger partial charge in [-0.05, 0) is 18.4 Å². The fraction of sp³-hybridized carbons (Fsp3) is 0.500. The maximum Gasteiger partial charge on any atom is 0.227 e. The first-order chi connectivity index (χ1) is 8.78. The molecule has 0 saturated carbocycles. The molecular weight excluding hydrogens is 250 g/mol. The van der Waals surface area contributed by atoms with Crippen LogP contribution in [0, 0.1) is 0 Å². The Kier molecular flexibility index (Phi) is 4.98. The van der Waals surface area contributed by atoms with E-state index in [0.717, 1.165) is 18.0 Å². The van der Waals surface area contributed by atoms with Gasteiger partial charge in [0, 0.05) is 30.1 Å². The highest BCUT2D eigenvalue weighted by Crippen LogP contribution is 2.14. The second-order valence-electron chi connectivity index (χ2n) is 4.06. The van der Waals surface area contributed by atoms with E-state index < -0.39 is 0 Å². The highest BCUT2D eigenvalue weighted by molar-refractivity contribution is 7.98. The molecule has 1 atom stereocenters. The van der Waals surface area contributed by atoms with Crippen molar-refractivity contribution >= 4 is 23.5 Å². The zero-order valence-corrected chi connectivity index (χ0v) is 11.1. The molecule has 0 aliphatic carbocycles. The Labute approximate surface area is 111 Å². The van der Waals surface area contributed by atoms with E-state index in [2.05, 4.69) is 15.6 Å². The average Bonchev–Trinajstić information content (AvgIpc) is 2.40. The van der Waals surface area contributed by atoms with Gasteiger partial charge in [0.05, 0.1) is 13.2 Å². The lowest BCUT2D eigenvalue weighted by molar-refractivity contribution is -0.117. The summed E-state index contributed by atoms with van der Waals surface area (Å²) in [5.74, 6) is 0.553. The molecule has 1 fully saturated rings. The summed E-state index contributed by atoms with van der Waals surface area (Å²) in [4.78, 5) is 17.0. The second-order valence-corrected chi connectivity index (χ2v) is 4.94. The average molecular weight is 267 g/mol. The summed E-state index contributed by atoms with van der Waals surface area (Å²) in [6, 6.07) is 3.85. The van der Waals surface area contributed by atoms with Crippen molar-refractivity contribution in [1.29, 1.82) is 0 Å². The molecule has 5 nitrogen and oxygen atoms in total. The number of hydrogen-bond donors (Lipinski definition) is 2. The SMILES string of the molecule is CSc1ccc(NC(=O)CC2COCCN2)nc1. The molecule has 1 unspecified atom stereocenters. The van der Waals surface area contributed by atoms with Crippen LogP contribution < -0.4 is 10.6 Å². The summed E-state index contributed by atoms with van der Waals surface area (Å²) < 4.78 is 5.30. The number of nitrogens with one attached hydrogen (secondary N) is 2. The predicted octanol–water partition coefficient (Wildman–Crippen LogP) is 1.12. The van der Waals surface area contributed by atoms with Crippen LogP contribution in [0.3, 0.4) is 0 Å². The third-order valence-corrected chi connectivity index (χ3v) is 3.38. The van der Waals surface area contributed by atoms with Crippen molar-refractivity contribution in [2.45, 2.75) is 17.4 Å². The largest absolute Gasteiger partial charge is 0.378 e. The Morgan fingerprint density at radius 2 is 2.56 bits per heavy atom. The van der Waals surface area contributed by atoms with E-state index in [0.29, 0.717) is 18.8 Å². The minimum Gasteiger partial charge on any atom is -0.378 e. The van der Waals surface area contributed by atoms with E-state index in [9.17, 15) is 4.79 Å². The van der Waals surface area contributed by atoms with Gasteiger partial charge >= 0.3 is 0 Å². The van der Waals surface area contributed by atoms with Crippen LogP contribution in [0.1, 0.15) is 6.42 Å². The number of anilines is 1. The quantitative estimate of drug-likeness (QED) is 0.800. The van der Waals surface area contributed by atoms with Gasteiger partial charge in [-0.3, -0.25) is 4.79 Å². The van der Waals surface area contributed by atoms with Crippen LogP contribution in [0.5, 0.6) is 0 Å². The lowest BCUT2D eigenvalue weighted by Crippen LogP contribution is -2.43. The predicted molar refractivity (Wildman–Crippen MR) is 71.9 cm³/mol. The van der Waals surface area contributed by atoms with Crippen LogP contribution in [0.15, 0.2) is 23.2 Å². The Hall–Kier alpha value is -1.11. The van der Waals surface area contributed by atoms with Gasteiger partial charge in [-0.2, -0.15) is 0 Å². The Balaban J connectivity index is 1.82. The van der Waals surface area contributed by atoms with Crippen molar-refractivity contribution in [2.75, 3.05) is 31.3 Å². The Morgan fingerprint density at radius 3 is 3.17 bits per heavy atom. The summed E-state index contributed by atoms with van der Waals surface area (Å²) in [6.45, 7) is 2.11. The fourth-order valence-corrected chi connectivity index (χ4v) is 2.11. The molecule has 1 amide bonds. The number of hydrogen-bond acceptors (Lipinski definition) is 5. The van der Waals surface area contributed by atoms with E-state index >= 15 is 0 Å². The monoisotopic (exact) mass is 267 g/mol. The number of thioether (sulfide) groups is 1. The number of morpholine rings is 1. The van der Waals surface area contributed by atoms with Crippen LogP contribution in [0.4, 0.5) is 5.82 Å². The topological polar surface area (TPSA) is 63.2 Å². The van der Waals surface area contributed by atoms with Gasteiger partial charge in [-0.15, -0.1) is 11.8 Å². The molecule has 1 aliphatic heterocycles.